The zero-order chi connectivity index (χ0) is 16.4. The van der Waals surface area contributed by atoms with E-state index in [-0.39, 0.29) is 24.2 Å². The van der Waals surface area contributed by atoms with Gasteiger partial charge < -0.3 is 14.6 Å². The monoisotopic (exact) mass is 301 g/mol. The van der Waals surface area contributed by atoms with Crippen molar-refractivity contribution in [3.05, 3.63) is 35.9 Å². The Hall–Kier alpha value is -1.59. The van der Waals surface area contributed by atoms with Gasteiger partial charge in [-0.1, -0.05) is 36.4 Å². The summed E-state index contributed by atoms with van der Waals surface area (Å²) in [5.41, 5.74) is 1.38. The van der Waals surface area contributed by atoms with Gasteiger partial charge in [-0.15, -0.1) is 0 Å². The lowest BCUT2D eigenvalue weighted by atomic mass is 9.78. The Morgan fingerprint density at radius 3 is 2.45 bits per heavy atom. The average molecular weight is 301 g/mol. The lowest BCUT2D eigenvalue weighted by Crippen LogP contribution is -2.41. The van der Waals surface area contributed by atoms with Crippen LogP contribution in [0.5, 0.6) is 0 Å². The van der Waals surface area contributed by atoms with E-state index in [1.165, 1.54) is 6.92 Å². The maximum Gasteiger partial charge on any atom is 0.494 e. The number of carbonyl (C=O) groups is 1. The molecular weight excluding hydrogens is 277 g/mol. The first kappa shape index (κ1) is 16.8. The van der Waals surface area contributed by atoms with Crippen molar-refractivity contribution in [2.75, 3.05) is 6.54 Å². The molecule has 0 aromatic heterocycles. The fraction of sp³-hybridized carbons (Fsp3) is 0.471. The first-order chi connectivity index (χ1) is 10.2. The number of amides is 1. The molecule has 1 aromatic rings. The van der Waals surface area contributed by atoms with Gasteiger partial charge in [-0.25, -0.2) is 0 Å². The third-order valence-corrected chi connectivity index (χ3v) is 4.22. The van der Waals surface area contributed by atoms with E-state index in [1.54, 1.807) is 0 Å². The molecule has 0 bridgehead atoms. The average Bonchev–Trinajstić information content (AvgIpc) is 2.64. The summed E-state index contributed by atoms with van der Waals surface area (Å²) in [7, 11) is -0.353. The number of hydrogen-bond acceptors (Lipinski definition) is 3. The zero-order valence-corrected chi connectivity index (χ0v) is 14.0. The number of nitrogens with one attached hydrogen (secondary N) is 1. The van der Waals surface area contributed by atoms with E-state index in [0.717, 1.165) is 11.0 Å². The van der Waals surface area contributed by atoms with E-state index in [2.05, 4.69) is 5.32 Å². The number of rotatable bonds is 4. The third kappa shape index (κ3) is 3.78. The topological polar surface area (TPSA) is 47.6 Å². The molecule has 1 aliphatic heterocycles. The van der Waals surface area contributed by atoms with Crippen LogP contribution in [-0.4, -0.2) is 30.8 Å². The number of carbonyl (C=O) groups excluding carboxylic acids is 1. The molecule has 0 spiro atoms. The summed E-state index contributed by atoms with van der Waals surface area (Å²) in [6, 6.07) is 8.05. The van der Waals surface area contributed by atoms with E-state index < -0.39 is 0 Å². The lowest BCUT2D eigenvalue weighted by Gasteiger charge is -2.32. The van der Waals surface area contributed by atoms with Crippen molar-refractivity contribution in [3.63, 3.8) is 0 Å². The van der Waals surface area contributed by atoms with Crippen LogP contribution in [0.3, 0.4) is 0 Å². The van der Waals surface area contributed by atoms with Gasteiger partial charge in [0.2, 0.25) is 5.91 Å². The molecule has 5 heteroatoms. The SMILES string of the molecule is CC(=O)NCC=Cc1cccc(B2OC(C)(C)C(C)(C)O2)c1. The van der Waals surface area contributed by atoms with Crippen molar-refractivity contribution in [1.29, 1.82) is 0 Å². The third-order valence-electron chi connectivity index (χ3n) is 4.22. The van der Waals surface area contributed by atoms with Gasteiger partial charge in [0.25, 0.3) is 0 Å². The van der Waals surface area contributed by atoms with Crippen LogP contribution < -0.4 is 10.8 Å². The molecule has 22 heavy (non-hydrogen) atoms. The molecule has 1 heterocycles. The molecule has 1 aliphatic rings. The van der Waals surface area contributed by atoms with Crippen molar-refractivity contribution >= 4 is 24.6 Å². The van der Waals surface area contributed by atoms with Crippen molar-refractivity contribution < 1.29 is 14.1 Å². The zero-order valence-electron chi connectivity index (χ0n) is 14.0. The fourth-order valence-corrected chi connectivity index (χ4v) is 2.19. The molecule has 4 nitrogen and oxygen atoms in total. The number of hydrogen-bond donors (Lipinski definition) is 1. The first-order valence-electron chi connectivity index (χ1n) is 7.58. The minimum absolute atomic E-state index is 0.0318. The molecule has 0 atom stereocenters. The molecule has 0 aliphatic carbocycles. The van der Waals surface area contributed by atoms with Crippen molar-refractivity contribution in [3.8, 4) is 0 Å². The van der Waals surface area contributed by atoms with Crippen LogP contribution in [0.25, 0.3) is 6.08 Å². The van der Waals surface area contributed by atoms with E-state index in [4.69, 9.17) is 9.31 Å². The molecule has 0 saturated carbocycles. The van der Waals surface area contributed by atoms with E-state index in [1.807, 2.05) is 64.1 Å². The molecule has 1 N–H and O–H groups in total. The fourth-order valence-electron chi connectivity index (χ4n) is 2.19. The molecule has 1 amide bonds. The van der Waals surface area contributed by atoms with Gasteiger partial charge in [-0.2, -0.15) is 0 Å². The van der Waals surface area contributed by atoms with Crippen molar-refractivity contribution in [2.24, 2.45) is 0 Å². The second kappa shape index (κ2) is 6.27. The van der Waals surface area contributed by atoms with E-state index in [0.29, 0.717) is 6.54 Å². The summed E-state index contributed by atoms with van der Waals surface area (Å²) in [6.45, 7) is 10.2. The largest absolute Gasteiger partial charge is 0.494 e. The summed E-state index contributed by atoms with van der Waals surface area (Å²) < 4.78 is 12.1. The van der Waals surface area contributed by atoms with E-state index >= 15 is 0 Å². The summed E-state index contributed by atoms with van der Waals surface area (Å²) in [5, 5.41) is 2.73. The minimum atomic E-state index is -0.353. The van der Waals surface area contributed by atoms with Crippen LogP contribution in [0.1, 0.15) is 40.2 Å². The maximum absolute atomic E-state index is 10.8. The second-order valence-corrected chi connectivity index (χ2v) is 6.60. The van der Waals surface area contributed by atoms with Crippen LogP contribution in [0.2, 0.25) is 0 Å². The van der Waals surface area contributed by atoms with E-state index in [9.17, 15) is 4.79 Å². The summed E-state index contributed by atoms with van der Waals surface area (Å²) >= 11 is 0. The van der Waals surface area contributed by atoms with Crippen LogP contribution in [-0.2, 0) is 14.1 Å². The Bertz CT molecular complexity index is 565. The highest BCUT2D eigenvalue weighted by Crippen LogP contribution is 2.36. The Balaban J connectivity index is 2.08. The molecule has 2 rings (SSSR count). The summed E-state index contributed by atoms with van der Waals surface area (Å²) in [4.78, 5) is 10.8. The summed E-state index contributed by atoms with van der Waals surface area (Å²) in [6.07, 6.45) is 3.90. The quantitative estimate of drug-likeness (QED) is 0.867. The Morgan fingerprint density at radius 2 is 1.86 bits per heavy atom. The Morgan fingerprint density at radius 1 is 1.23 bits per heavy atom. The predicted molar refractivity (Wildman–Crippen MR) is 89.9 cm³/mol. The molecule has 118 valence electrons. The normalized spacial score (nSPS) is 19.6. The van der Waals surface area contributed by atoms with Crippen molar-refractivity contribution in [2.45, 2.75) is 45.8 Å². The Labute approximate surface area is 133 Å². The van der Waals surface area contributed by atoms with Crippen molar-refractivity contribution in [1.82, 2.24) is 5.32 Å². The lowest BCUT2D eigenvalue weighted by molar-refractivity contribution is -0.118. The van der Waals surface area contributed by atoms with Gasteiger partial charge in [-0.3, -0.25) is 4.79 Å². The molecule has 1 saturated heterocycles. The van der Waals surface area contributed by atoms with Gasteiger partial charge in [0.1, 0.15) is 0 Å². The highest BCUT2D eigenvalue weighted by Gasteiger charge is 2.51. The number of benzene rings is 1. The van der Waals surface area contributed by atoms with Gasteiger partial charge in [0.05, 0.1) is 11.2 Å². The molecule has 0 radical (unpaired) electrons. The van der Waals surface area contributed by atoms with Gasteiger partial charge in [0, 0.05) is 13.5 Å². The highest BCUT2D eigenvalue weighted by molar-refractivity contribution is 6.62. The molecular formula is C17H24BNO3. The molecule has 1 fully saturated rings. The smallest absolute Gasteiger partial charge is 0.399 e. The molecule has 0 unspecified atom stereocenters. The minimum Gasteiger partial charge on any atom is -0.399 e. The maximum atomic E-state index is 10.8. The van der Waals surface area contributed by atoms with Crippen LogP contribution in [0.4, 0.5) is 0 Å². The standard InChI is InChI=1S/C17H24BNO3/c1-13(20)19-11-7-9-14-8-6-10-15(12-14)18-21-16(2,3)17(4,5)22-18/h6-10,12H,11H2,1-5H3,(H,19,20). The van der Waals surface area contributed by atoms with Crippen LogP contribution in [0.15, 0.2) is 30.3 Å². The second-order valence-electron chi connectivity index (χ2n) is 6.60. The van der Waals surface area contributed by atoms with Gasteiger partial charge in [-0.05, 0) is 38.7 Å². The van der Waals surface area contributed by atoms with Crippen LogP contribution >= 0.6 is 0 Å². The molecule has 1 aromatic carbocycles. The Kier molecular flexibility index (Phi) is 4.78. The van der Waals surface area contributed by atoms with Crippen LogP contribution in [0, 0.1) is 0 Å². The summed E-state index contributed by atoms with van der Waals surface area (Å²) in [5.74, 6) is -0.0318. The van der Waals surface area contributed by atoms with Gasteiger partial charge in [0.15, 0.2) is 0 Å². The van der Waals surface area contributed by atoms with Gasteiger partial charge >= 0.3 is 7.12 Å². The predicted octanol–water partition coefficient (Wildman–Crippen LogP) is 2.14. The highest BCUT2D eigenvalue weighted by atomic mass is 16.7. The first-order valence-corrected chi connectivity index (χ1v) is 7.58.